The standard InChI is InChI=1S/C17H33N3O/c1-2-12-20(13-16-10-6-7-11-18-16)14-17(21)19-15-8-4-3-5-9-15/h15-16,18H,2-14H2,1H3,(H,19,21). The van der Waals surface area contributed by atoms with Crippen LogP contribution in [0.4, 0.5) is 0 Å². The van der Waals surface area contributed by atoms with Crippen LogP contribution in [0.5, 0.6) is 0 Å². The van der Waals surface area contributed by atoms with Gasteiger partial charge in [0.1, 0.15) is 0 Å². The summed E-state index contributed by atoms with van der Waals surface area (Å²) < 4.78 is 0. The van der Waals surface area contributed by atoms with Crippen LogP contribution < -0.4 is 10.6 Å². The molecule has 0 spiro atoms. The van der Waals surface area contributed by atoms with Gasteiger partial charge in [-0.15, -0.1) is 0 Å². The number of piperidine rings is 1. The van der Waals surface area contributed by atoms with Crippen molar-refractivity contribution in [3.63, 3.8) is 0 Å². The Balaban J connectivity index is 1.73. The average molecular weight is 295 g/mol. The van der Waals surface area contributed by atoms with E-state index in [2.05, 4.69) is 22.5 Å². The summed E-state index contributed by atoms with van der Waals surface area (Å²) in [5, 5.41) is 6.83. The van der Waals surface area contributed by atoms with Crippen LogP contribution in [0.25, 0.3) is 0 Å². The topological polar surface area (TPSA) is 44.4 Å². The van der Waals surface area contributed by atoms with Crippen LogP contribution in [0.2, 0.25) is 0 Å². The Morgan fingerprint density at radius 3 is 2.57 bits per heavy atom. The van der Waals surface area contributed by atoms with E-state index in [0.717, 1.165) is 26.1 Å². The molecule has 1 atom stereocenters. The second-order valence-electron chi connectivity index (χ2n) is 6.78. The molecule has 0 bridgehead atoms. The third kappa shape index (κ3) is 6.35. The first kappa shape index (κ1) is 16.8. The van der Waals surface area contributed by atoms with E-state index in [1.807, 2.05) is 0 Å². The van der Waals surface area contributed by atoms with E-state index in [-0.39, 0.29) is 5.91 Å². The van der Waals surface area contributed by atoms with Crippen molar-refractivity contribution >= 4 is 5.91 Å². The van der Waals surface area contributed by atoms with E-state index in [4.69, 9.17) is 0 Å². The zero-order chi connectivity index (χ0) is 14.9. The van der Waals surface area contributed by atoms with Crippen LogP contribution in [0, 0.1) is 0 Å². The highest BCUT2D eigenvalue weighted by Gasteiger charge is 2.20. The van der Waals surface area contributed by atoms with E-state index in [1.54, 1.807) is 0 Å². The Labute approximate surface area is 130 Å². The third-order valence-corrected chi connectivity index (χ3v) is 4.77. The average Bonchev–Trinajstić information content (AvgIpc) is 2.49. The molecule has 1 aliphatic carbocycles. The largest absolute Gasteiger partial charge is 0.352 e. The van der Waals surface area contributed by atoms with Gasteiger partial charge < -0.3 is 10.6 Å². The number of carbonyl (C=O) groups is 1. The Morgan fingerprint density at radius 2 is 1.90 bits per heavy atom. The molecule has 1 saturated heterocycles. The summed E-state index contributed by atoms with van der Waals surface area (Å²) in [7, 11) is 0. The van der Waals surface area contributed by atoms with Crippen molar-refractivity contribution < 1.29 is 4.79 Å². The molecule has 1 saturated carbocycles. The second kappa shape index (κ2) is 9.42. The maximum atomic E-state index is 12.3. The second-order valence-corrected chi connectivity index (χ2v) is 6.78. The first-order chi connectivity index (χ1) is 10.3. The number of hydrogen-bond donors (Lipinski definition) is 2. The molecule has 2 fully saturated rings. The quantitative estimate of drug-likeness (QED) is 0.757. The molecule has 0 aromatic heterocycles. The lowest BCUT2D eigenvalue weighted by Gasteiger charge is -2.31. The van der Waals surface area contributed by atoms with Gasteiger partial charge in [-0.25, -0.2) is 0 Å². The Bertz CT molecular complexity index is 296. The van der Waals surface area contributed by atoms with Gasteiger partial charge in [-0.05, 0) is 45.2 Å². The minimum atomic E-state index is 0.228. The van der Waals surface area contributed by atoms with Gasteiger partial charge in [0, 0.05) is 18.6 Å². The smallest absolute Gasteiger partial charge is 0.234 e. The fraction of sp³-hybridized carbons (Fsp3) is 0.941. The van der Waals surface area contributed by atoms with Crippen LogP contribution >= 0.6 is 0 Å². The molecule has 21 heavy (non-hydrogen) atoms. The van der Waals surface area contributed by atoms with Crippen molar-refractivity contribution in [2.45, 2.75) is 76.8 Å². The Morgan fingerprint density at radius 1 is 1.14 bits per heavy atom. The molecule has 122 valence electrons. The first-order valence-corrected chi connectivity index (χ1v) is 9.03. The maximum Gasteiger partial charge on any atom is 0.234 e. The van der Waals surface area contributed by atoms with E-state index in [1.165, 1.54) is 51.4 Å². The van der Waals surface area contributed by atoms with Gasteiger partial charge in [0.15, 0.2) is 0 Å². The lowest BCUT2D eigenvalue weighted by molar-refractivity contribution is -0.123. The molecule has 1 amide bonds. The van der Waals surface area contributed by atoms with Crippen LogP contribution in [-0.2, 0) is 4.79 Å². The van der Waals surface area contributed by atoms with Crippen molar-refractivity contribution in [1.29, 1.82) is 0 Å². The predicted molar refractivity (Wildman–Crippen MR) is 87.4 cm³/mol. The third-order valence-electron chi connectivity index (χ3n) is 4.77. The van der Waals surface area contributed by atoms with Crippen LogP contribution in [0.1, 0.15) is 64.7 Å². The van der Waals surface area contributed by atoms with Crippen molar-refractivity contribution in [1.82, 2.24) is 15.5 Å². The number of rotatable bonds is 7. The summed E-state index contributed by atoms with van der Waals surface area (Å²) in [5.74, 6) is 0.228. The highest BCUT2D eigenvalue weighted by atomic mass is 16.2. The Kier molecular flexibility index (Phi) is 7.51. The van der Waals surface area contributed by atoms with Crippen molar-refractivity contribution in [3.8, 4) is 0 Å². The van der Waals surface area contributed by atoms with E-state index < -0.39 is 0 Å². The fourth-order valence-corrected chi connectivity index (χ4v) is 3.67. The van der Waals surface area contributed by atoms with Gasteiger partial charge in [-0.1, -0.05) is 32.6 Å². The summed E-state index contributed by atoms with van der Waals surface area (Å²) in [6.45, 7) is 5.95. The SMILES string of the molecule is CCCN(CC(=O)NC1CCCCC1)CC1CCCCN1. The molecule has 0 aromatic rings. The molecule has 1 aliphatic heterocycles. The number of nitrogens with one attached hydrogen (secondary N) is 2. The summed E-state index contributed by atoms with van der Waals surface area (Å²) in [6, 6.07) is 1.01. The first-order valence-electron chi connectivity index (χ1n) is 9.03. The molecular formula is C17H33N3O. The minimum Gasteiger partial charge on any atom is -0.352 e. The molecule has 0 radical (unpaired) electrons. The number of nitrogens with zero attached hydrogens (tertiary/aromatic N) is 1. The zero-order valence-electron chi connectivity index (χ0n) is 13.7. The monoisotopic (exact) mass is 295 g/mol. The minimum absolute atomic E-state index is 0.228. The van der Waals surface area contributed by atoms with Crippen molar-refractivity contribution in [2.24, 2.45) is 0 Å². The van der Waals surface area contributed by atoms with Gasteiger partial charge in [0.05, 0.1) is 6.54 Å². The molecule has 2 aliphatic rings. The molecule has 4 nitrogen and oxygen atoms in total. The summed E-state index contributed by atoms with van der Waals surface area (Å²) >= 11 is 0. The summed E-state index contributed by atoms with van der Waals surface area (Å²) in [4.78, 5) is 14.6. The molecule has 2 N–H and O–H groups in total. The number of amides is 1. The summed E-state index contributed by atoms with van der Waals surface area (Å²) in [6.07, 6.45) is 11.2. The van der Waals surface area contributed by atoms with Gasteiger partial charge in [-0.2, -0.15) is 0 Å². The van der Waals surface area contributed by atoms with E-state index in [0.29, 0.717) is 18.6 Å². The van der Waals surface area contributed by atoms with Crippen LogP contribution in [0.15, 0.2) is 0 Å². The molecule has 0 aromatic carbocycles. The Hall–Kier alpha value is -0.610. The zero-order valence-corrected chi connectivity index (χ0v) is 13.7. The highest BCUT2D eigenvalue weighted by molar-refractivity contribution is 5.78. The highest BCUT2D eigenvalue weighted by Crippen LogP contribution is 2.17. The fourth-order valence-electron chi connectivity index (χ4n) is 3.67. The lowest BCUT2D eigenvalue weighted by atomic mass is 9.95. The van der Waals surface area contributed by atoms with Gasteiger partial charge in [0.2, 0.25) is 5.91 Å². The van der Waals surface area contributed by atoms with Crippen molar-refractivity contribution in [3.05, 3.63) is 0 Å². The van der Waals surface area contributed by atoms with Gasteiger partial charge in [-0.3, -0.25) is 9.69 Å². The molecule has 2 rings (SSSR count). The number of carbonyl (C=O) groups excluding carboxylic acids is 1. The maximum absolute atomic E-state index is 12.3. The lowest BCUT2D eigenvalue weighted by Crippen LogP contribution is -2.48. The number of hydrogen-bond acceptors (Lipinski definition) is 3. The molecule has 1 heterocycles. The van der Waals surface area contributed by atoms with Gasteiger partial charge >= 0.3 is 0 Å². The normalized spacial score (nSPS) is 24.2. The van der Waals surface area contributed by atoms with E-state index >= 15 is 0 Å². The summed E-state index contributed by atoms with van der Waals surface area (Å²) in [5.41, 5.74) is 0. The van der Waals surface area contributed by atoms with Crippen molar-refractivity contribution in [2.75, 3.05) is 26.2 Å². The molecule has 4 heteroatoms. The van der Waals surface area contributed by atoms with Crippen LogP contribution in [0.3, 0.4) is 0 Å². The van der Waals surface area contributed by atoms with E-state index in [9.17, 15) is 4.79 Å². The predicted octanol–water partition coefficient (Wildman–Crippen LogP) is 2.29. The van der Waals surface area contributed by atoms with Gasteiger partial charge in [0.25, 0.3) is 0 Å². The molecular weight excluding hydrogens is 262 g/mol. The molecule has 1 unspecified atom stereocenters. The van der Waals surface area contributed by atoms with Crippen LogP contribution in [-0.4, -0.2) is 49.1 Å².